The molecule has 6 rings (SSSR count). The third kappa shape index (κ3) is 4.86. The van der Waals surface area contributed by atoms with Gasteiger partial charge < -0.3 is 9.80 Å². The number of nitrogens with zero attached hydrogens (tertiary/aromatic N) is 4. The van der Waals surface area contributed by atoms with Gasteiger partial charge in [0.2, 0.25) is 0 Å². The Bertz CT molecular complexity index is 1710. The average Bonchev–Trinajstić information content (AvgIpc) is 3.62. The molecule has 0 bridgehead atoms. The van der Waals surface area contributed by atoms with E-state index in [2.05, 4.69) is 159 Å². The molecule has 0 spiro atoms. The summed E-state index contributed by atoms with van der Waals surface area (Å²) >= 11 is 0. The number of hydrogen-bond donors (Lipinski definition) is 0. The Morgan fingerprint density at radius 1 is 0.714 bits per heavy atom. The Morgan fingerprint density at radius 3 is 2.02 bits per heavy atom. The molecule has 2 heterocycles. The molecule has 0 atom stereocenters. The number of hydrogen-bond acceptors (Lipinski definition) is 3. The van der Waals surface area contributed by atoms with Crippen molar-refractivity contribution < 1.29 is 0 Å². The standard InChI is InChI=1S/C37H42N4Si/c1-26(2)32-17-12-18-33(27(3)4)36(32)40-22-21-38-37(40)28-13-10-15-30(23-28)42(6,7)31-16-11-14-29(24-31)41-25-39(5)34-19-8-9-20-35(34)41/h8-24,26-27H,25H2,1-7H3. The highest BCUT2D eigenvalue weighted by Gasteiger charge is 2.29. The second-order valence-corrected chi connectivity index (χ2v) is 17.1. The Morgan fingerprint density at radius 2 is 1.33 bits per heavy atom. The molecule has 4 aromatic carbocycles. The predicted molar refractivity (Wildman–Crippen MR) is 182 cm³/mol. The molecule has 0 amide bonds. The maximum atomic E-state index is 4.92. The molecule has 0 radical (unpaired) electrons. The molecule has 1 aliphatic heterocycles. The van der Waals surface area contributed by atoms with Crippen LogP contribution in [0.3, 0.4) is 0 Å². The van der Waals surface area contributed by atoms with Crippen molar-refractivity contribution in [2.45, 2.75) is 52.6 Å². The maximum absolute atomic E-state index is 4.92. The minimum Gasteiger partial charge on any atom is -0.355 e. The highest BCUT2D eigenvalue weighted by molar-refractivity contribution is 7.00. The largest absolute Gasteiger partial charge is 0.355 e. The molecule has 0 unspecified atom stereocenters. The first-order valence-electron chi connectivity index (χ1n) is 15.1. The van der Waals surface area contributed by atoms with Gasteiger partial charge in [-0.15, -0.1) is 0 Å². The zero-order valence-electron chi connectivity index (χ0n) is 26.0. The highest BCUT2D eigenvalue weighted by Crippen LogP contribution is 2.39. The third-order valence-corrected chi connectivity index (χ3v) is 12.4. The second kappa shape index (κ2) is 11.0. The first-order chi connectivity index (χ1) is 20.2. The Hall–Kier alpha value is -4.09. The molecule has 1 aromatic heterocycles. The summed E-state index contributed by atoms with van der Waals surface area (Å²) in [6, 6.07) is 33.8. The van der Waals surface area contributed by atoms with E-state index < -0.39 is 8.07 Å². The number of aromatic nitrogens is 2. The van der Waals surface area contributed by atoms with Gasteiger partial charge in [0, 0.05) is 30.7 Å². The van der Waals surface area contributed by atoms with Crippen LogP contribution in [0.15, 0.2) is 103 Å². The average molecular weight is 571 g/mol. The van der Waals surface area contributed by atoms with E-state index in [1.165, 1.54) is 44.2 Å². The first-order valence-corrected chi connectivity index (χ1v) is 18.1. The molecule has 0 N–H and O–H groups in total. The molecule has 0 saturated carbocycles. The lowest BCUT2D eigenvalue weighted by Crippen LogP contribution is -2.53. The summed E-state index contributed by atoms with van der Waals surface area (Å²) in [5.74, 6) is 1.84. The van der Waals surface area contributed by atoms with Gasteiger partial charge in [-0.25, -0.2) is 4.98 Å². The Balaban J connectivity index is 1.39. The predicted octanol–water partition coefficient (Wildman–Crippen LogP) is 8.15. The number of rotatable bonds is 7. The van der Waals surface area contributed by atoms with Crippen molar-refractivity contribution in [2.75, 3.05) is 23.5 Å². The van der Waals surface area contributed by atoms with Crippen LogP contribution < -0.4 is 20.2 Å². The number of benzene rings is 4. The van der Waals surface area contributed by atoms with Crippen LogP contribution in [-0.2, 0) is 0 Å². The van der Waals surface area contributed by atoms with Gasteiger partial charge >= 0.3 is 0 Å². The van der Waals surface area contributed by atoms with Crippen molar-refractivity contribution in [1.29, 1.82) is 0 Å². The Kier molecular flexibility index (Phi) is 7.32. The van der Waals surface area contributed by atoms with E-state index in [0.717, 1.165) is 18.1 Å². The number of imidazole rings is 1. The molecule has 214 valence electrons. The van der Waals surface area contributed by atoms with E-state index in [1.54, 1.807) is 0 Å². The van der Waals surface area contributed by atoms with Crippen LogP contribution >= 0.6 is 0 Å². The fourth-order valence-corrected chi connectivity index (χ4v) is 8.75. The van der Waals surface area contributed by atoms with Crippen LogP contribution in [0.25, 0.3) is 17.1 Å². The molecule has 0 fully saturated rings. The van der Waals surface area contributed by atoms with E-state index >= 15 is 0 Å². The molecule has 42 heavy (non-hydrogen) atoms. The normalized spacial score (nSPS) is 13.4. The van der Waals surface area contributed by atoms with Gasteiger partial charge in [0.05, 0.1) is 23.7 Å². The summed E-state index contributed by atoms with van der Waals surface area (Å²) in [6.07, 6.45) is 4.08. The second-order valence-electron chi connectivity index (χ2n) is 12.7. The topological polar surface area (TPSA) is 24.3 Å². The number of anilines is 3. The van der Waals surface area contributed by atoms with Gasteiger partial charge in [0.15, 0.2) is 0 Å². The van der Waals surface area contributed by atoms with Gasteiger partial charge in [0.1, 0.15) is 13.9 Å². The van der Waals surface area contributed by atoms with E-state index in [9.17, 15) is 0 Å². The highest BCUT2D eigenvalue weighted by atomic mass is 28.3. The van der Waals surface area contributed by atoms with Crippen molar-refractivity contribution >= 4 is 35.5 Å². The zero-order valence-corrected chi connectivity index (χ0v) is 27.0. The minimum absolute atomic E-state index is 0.418. The quantitative estimate of drug-likeness (QED) is 0.185. The lowest BCUT2D eigenvalue weighted by Gasteiger charge is -2.27. The zero-order chi connectivity index (χ0) is 29.6. The Labute approximate surface area is 252 Å². The molecule has 5 heteroatoms. The SMILES string of the molecule is CC(C)c1cccc(C(C)C)c1-n1ccnc1-c1cccc([Si](C)(C)c2cccc(N3CN(C)c4ccccc43)c2)c1. The van der Waals surface area contributed by atoms with Crippen molar-refractivity contribution in [3.8, 4) is 17.1 Å². The van der Waals surface area contributed by atoms with Crippen LogP contribution in [0.2, 0.25) is 13.1 Å². The molecule has 0 saturated heterocycles. The van der Waals surface area contributed by atoms with Gasteiger partial charge in [-0.2, -0.15) is 0 Å². The summed E-state index contributed by atoms with van der Waals surface area (Å²) in [5.41, 5.74) is 8.96. The van der Waals surface area contributed by atoms with Crippen LogP contribution in [0.4, 0.5) is 17.1 Å². The van der Waals surface area contributed by atoms with Crippen LogP contribution in [0.5, 0.6) is 0 Å². The van der Waals surface area contributed by atoms with E-state index in [1.807, 2.05) is 6.20 Å². The first kappa shape index (κ1) is 28.0. The fourth-order valence-electron chi connectivity index (χ4n) is 6.36. The summed E-state index contributed by atoms with van der Waals surface area (Å²) in [7, 11) is 0.145. The molecule has 1 aliphatic rings. The van der Waals surface area contributed by atoms with Crippen molar-refractivity contribution in [1.82, 2.24) is 9.55 Å². The molecule has 0 aliphatic carbocycles. The maximum Gasteiger partial charge on any atom is 0.144 e. The monoisotopic (exact) mass is 570 g/mol. The van der Waals surface area contributed by atoms with Crippen LogP contribution in [-0.4, -0.2) is 31.3 Å². The van der Waals surface area contributed by atoms with E-state index in [0.29, 0.717) is 11.8 Å². The smallest absolute Gasteiger partial charge is 0.144 e. The van der Waals surface area contributed by atoms with E-state index in [-0.39, 0.29) is 0 Å². The third-order valence-electron chi connectivity index (χ3n) is 8.88. The van der Waals surface area contributed by atoms with Gasteiger partial charge in [-0.1, -0.05) is 118 Å². The summed E-state index contributed by atoms with van der Waals surface area (Å²) in [6.45, 7) is 14.9. The van der Waals surface area contributed by atoms with Gasteiger partial charge in [-0.3, -0.25) is 4.57 Å². The lowest BCUT2D eigenvalue weighted by molar-refractivity contribution is 0.807. The van der Waals surface area contributed by atoms with E-state index in [4.69, 9.17) is 4.98 Å². The lowest BCUT2D eigenvalue weighted by atomic mass is 9.92. The summed E-state index contributed by atoms with van der Waals surface area (Å²) < 4.78 is 2.32. The van der Waals surface area contributed by atoms with Crippen molar-refractivity contribution in [2.24, 2.45) is 0 Å². The fraction of sp³-hybridized carbons (Fsp3) is 0.270. The van der Waals surface area contributed by atoms with Crippen LogP contribution in [0.1, 0.15) is 50.7 Å². The molecule has 5 aromatic rings. The van der Waals surface area contributed by atoms with Crippen molar-refractivity contribution in [3.63, 3.8) is 0 Å². The number of fused-ring (bicyclic) bond motifs is 1. The molecular weight excluding hydrogens is 529 g/mol. The number of para-hydroxylation sites is 3. The summed E-state index contributed by atoms with van der Waals surface area (Å²) in [5, 5.41) is 2.84. The molecule has 4 nitrogen and oxygen atoms in total. The van der Waals surface area contributed by atoms with Gasteiger partial charge in [0.25, 0.3) is 0 Å². The minimum atomic E-state index is -2.02. The molecular formula is C37H42N4Si. The van der Waals surface area contributed by atoms with Gasteiger partial charge in [-0.05, 0) is 47.2 Å². The summed E-state index contributed by atoms with van der Waals surface area (Å²) in [4.78, 5) is 9.66. The van der Waals surface area contributed by atoms with Crippen molar-refractivity contribution in [3.05, 3.63) is 115 Å². The van der Waals surface area contributed by atoms with Crippen LogP contribution in [0, 0.1) is 0 Å².